The van der Waals surface area contributed by atoms with Gasteiger partial charge in [0.05, 0.1) is 6.54 Å². The van der Waals surface area contributed by atoms with Crippen molar-refractivity contribution in [2.24, 2.45) is 0 Å². The number of alkyl halides is 6. The number of carbonyl (C=O) groups is 1. The van der Waals surface area contributed by atoms with Gasteiger partial charge < -0.3 is 10.4 Å². The summed E-state index contributed by atoms with van der Waals surface area (Å²) in [5.74, 6) is -2.76. The third-order valence-corrected chi connectivity index (χ3v) is 2.26. The number of hydrogen-bond donors (Lipinski definition) is 2. The number of halogens is 6. The van der Waals surface area contributed by atoms with Crippen LogP contribution in [0.4, 0.5) is 26.3 Å². The number of nitrogens with zero attached hydrogens (tertiary/aromatic N) is 1. The van der Waals surface area contributed by atoms with Gasteiger partial charge in [0.1, 0.15) is 0 Å². The molecule has 1 aliphatic rings. The summed E-state index contributed by atoms with van der Waals surface area (Å²) in [6, 6.07) is -0.0135. The highest BCUT2D eigenvalue weighted by molar-refractivity contribution is 5.73. The van der Waals surface area contributed by atoms with Crippen molar-refractivity contribution in [1.29, 1.82) is 0 Å². The molecule has 0 spiro atoms. The monoisotopic (exact) mass is 296 g/mol. The molecule has 0 aromatic rings. The second kappa shape index (κ2) is 6.94. The van der Waals surface area contributed by atoms with Crippen LogP contribution in [0.3, 0.4) is 0 Å². The molecule has 114 valence electrons. The van der Waals surface area contributed by atoms with Crippen LogP contribution in [-0.2, 0) is 4.79 Å². The third-order valence-electron chi connectivity index (χ3n) is 2.26. The number of rotatable bonds is 1. The molecule has 2 N–H and O–H groups in total. The largest absolute Gasteiger partial charge is 0.490 e. The molecule has 1 aliphatic heterocycles. The van der Waals surface area contributed by atoms with Crippen LogP contribution in [0.5, 0.6) is 0 Å². The van der Waals surface area contributed by atoms with E-state index in [0.29, 0.717) is 19.6 Å². The van der Waals surface area contributed by atoms with Gasteiger partial charge in [0, 0.05) is 25.7 Å². The van der Waals surface area contributed by atoms with Gasteiger partial charge in [-0.2, -0.15) is 26.3 Å². The maximum atomic E-state index is 12.0. The van der Waals surface area contributed by atoms with Gasteiger partial charge in [-0.25, -0.2) is 4.79 Å². The molecule has 10 heteroatoms. The fraction of sp³-hybridized carbons (Fsp3) is 0.889. The van der Waals surface area contributed by atoms with Crippen molar-refractivity contribution in [2.75, 3.05) is 26.2 Å². The van der Waals surface area contributed by atoms with E-state index in [1.165, 1.54) is 4.90 Å². The normalized spacial score (nSPS) is 21.5. The maximum absolute atomic E-state index is 12.0. The van der Waals surface area contributed by atoms with E-state index < -0.39 is 24.9 Å². The Morgan fingerprint density at radius 3 is 2.11 bits per heavy atom. The maximum Gasteiger partial charge on any atom is 0.490 e. The van der Waals surface area contributed by atoms with Crippen LogP contribution in [-0.4, -0.2) is 60.5 Å². The predicted molar refractivity (Wildman–Crippen MR) is 53.7 cm³/mol. The first-order valence-electron chi connectivity index (χ1n) is 5.25. The zero-order chi connectivity index (χ0) is 15.3. The van der Waals surface area contributed by atoms with Gasteiger partial charge in [0.2, 0.25) is 0 Å². The van der Waals surface area contributed by atoms with E-state index in [1.807, 2.05) is 0 Å². The third kappa shape index (κ3) is 8.65. The van der Waals surface area contributed by atoms with Gasteiger partial charge in [-0.1, -0.05) is 0 Å². The van der Waals surface area contributed by atoms with Crippen LogP contribution in [0, 0.1) is 0 Å². The summed E-state index contributed by atoms with van der Waals surface area (Å²) >= 11 is 0. The lowest BCUT2D eigenvalue weighted by Crippen LogP contribution is -2.52. The smallest absolute Gasteiger partial charge is 0.475 e. The van der Waals surface area contributed by atoms with Crippen molar-refractivity contribution < 1.29 is 36.2 Å². The first kappa shape index (κ1) is 18.0. The van der Waals surface area contributed by atoms with Crippen molar-refractivity contribution in [1.82, 2.24) is 10.2 Å². The minimum atomic E-state index is -5.08. The number of piperazine rings is 1. The van der Waals surface area contributed by atoms with E-state index in [9.17, 15) is 26.3 Å². The summed E-state index contributed by atoms with van der Waals surface area (Å²) in [6.45, 7) is 2.81. The molecule has 1 unspecified atom stereocenters. The zero-order valence-electron chi connectivity index (χ0n) is 9.98. The molecule has 0 saturated carbocycles. The second-order valence-corrected chi connectivity index (χ2v) is 3.94. The molecule has 1 atom stereocenters. The Bertz CT molecular complexity index is 291. The molecule has 1 heterocycles. The lowest BCUT2D eigenvalue weighted by atomic mass is 10.2. The molecule has 0 bridgehead atoms. The minimum absolute atomic E-state index is 0.0135. The van der Waals surface area contributed by atoms with E-state index in [4.69, 9.17) is 9.90 Å². The van der Waals surface area contributed by atoms with E-state index in [0.717, 1.165) is 0 Å². The second-order valence-electron chi connectivity index (χ2n) is 3.94. The lowest BCUT2D eigenvalue weighted by Gasteiger charge is -2.34. The fourth-order valence-electron chi connectivity index (χ4n) is 1.35. The highest BCUT2D eigenvalue weighted by Gasteiger charge is 2.38. The molecular weight excluding hydrogens is 282 g/mol. The Kier molecular flexibility index (Phi) is 6.57. The average Bonchev–Trinajstić information content (AvgIpc) is 2.19. The van der Waals surface area contributed by atoms with Crippen molar-refractivity contribution >= 4 is 5.97 Å². The standard InChI is InChI=1S/C7H13F3N2.C2HF3O2/c1-6-4-11-2-3-12(6)5-7(8,9)10;3-2(4,5)1(6)7/h6,11H,2-5H2,1H3;(H,6,7). The first-order valence-corrected chi connectivity index (χ1v) is 5.25. The molecule has 1 rings (SSSR count). The number of aliphatic carboxylic acids is 1. The molecule has 0 radical (unpaired) electrons. The number of carboxylic acid groups (broad SMARTS) is 1. The van der Waals surface area contributed by atoms with Crippen molar-refractivity contribution in [2.45, 2.75) is 25.3 Å². The summed E-state index contributed by atoms with van der Waals surface area (Å²) in [6.07, 6.45) is -9.15. The zero-order valence-corrected chi connectivity index (χ0v) is 9.98. The number of hydrogen-bond acceptors (Lipinski definition) is 3. The van der Waals surface area contributed by atoms with Gasteiger partial charge in [-0.05, 0) is 6.92 Å². The van der Waals surface area contributed by atoms with Crippen LogP contribution < -0.4 is 5.32 Å². The van der Waals surface area contributed by atoms with Crippen LogP contribution in [0.1, 0.15) is 6.92 Å². The minimum Gasteiger partial charge on any atom is -0.475 e. The van der Waals surface area contributed by atoms with Gasteiger partial charge >= 0.3 is 18.3 Å². The Morgan fingerprint density at radius 2 is 1.79 bits per heavy atom. The molecule has 0 aliphatic carbocycles. The summed E-state index contributed by atoms with van der Waals surface area (Å²) in [5.41, 5.74) is 0. The summed E-state index contributed by atoms with van der Waals surface area (Å²) < 4.78 is 67.6. The van der Waals surface area contributed by atoms with Crippen molar-refractivity contribution in [3.05, 3.63) is 0 Å². The van der Waals surface area contributed by atoms with Crippen molar-refractivity contribution in [3.63, 3.8) is 0 Å². The van der Waals surface area contributed by atoms with Gasteiger partial charge in [-0.3, -0.25) is 4.90 Å². The van der Waals surface area contributed by atoms with Crippen LogP contribution in [0.2, 0.25) is 0 Å². The van der Waals surface area contributed by atoms with E-state index in [2.05, 4.69) is 5.32 Å². The summed E-state index contributed by atoms with van der Waals surface area (Å²) in [5, 5.41) is 10.2. The molecule has 19 heavy (non-hydrogen) atoms. The molecule has 4 nitrogen and oxygen atoms in total. The Balaban J connectivity index is 0.000000399. The molecular formula is C9H14F6N2O2. The van der Waals surface area contributed by atoms with Crippen LogP contribution in [0.15, 0.2) is 0 Å². The molecule has 1 fully saturated rings. The molecule has 0 amide bonds. The SMILES string of the molecule is CC1CNCCN1CC(F)(F)F.O=C(O)C(F)(F)F. The Hall–Kier alpha value is -1.03. The van der Waals surface area contributed by atoms with Crippen LogP contribution in [0.25, 0.3) is 0 Å². The number of carboxylic acids is 1. The van der Waals surface area contributed by atoms with Gasteiger partial charge in [0.15, 0.2) is 0 Å². The fourth-order valence-corrected chi connectivity index (χ4v) is 1.35. The molecule has 1 saturated heterocycles. The van der Waals surface area contributed by atoms with Gasteiger partial charge in [0.25, 0.3) is 0 Å². The summed E-state index contributed by atoms with van der Waals surface area (Å²) in [7, 11) is 0. The number of nitrogens with one attached hydrogen (secondary N) is 1. The topological polar surface area (TPSA) is 52.6 Å². The molecule has 0 aromatic carbocycles. The predicted octanol–water partition coefficient (Wildman–Crippen LogP) is 1.48. The Labute approximate surface area is 105 Å². The highest BCUT2D eigenvalue weighted by Crippen LogP contribution is 2.18. The highest BCUT2D eigenvalue weighted by atomic mass is 19.4. The van der Waals surface area contributed by atoms with Crippen LogP contribution >= 0.6 is 0 Å². The van der Waals surface area contributed by atoms with E-state index in [-0.39, 0.29) is 6.04 Å². The van der Waals surface area contributed by atoms with Gasteiger partial charge in [-0.15, -0.1) is 0 Å². The molecule has 0 aromatic heterocycles. The first-order chi connectivity index (χ1) is 8.43. The quantitative estimate of drug-likeness (QED) is 0.720. The summed E-state index contributed by atoms with van der Waals surface area (Å²) in [4.78, 5) is 10.4. The average molecular weight is 296 g/mol. The lowest BCUT2D eigenvalue weighted by molar-refractivity contribution is -0.192. The Morgan fingerprint density at radius 1 is 1.32 bits per heavy atom. The van der Waals surface area contributed by atoms with Crippen molar-refractivity contribution in [3.8, 4) is 0 Å². The van der Waals surface area contributed by atoms with E-state index in [1.54, 1.807) is 6.92 Å². The van der Waals surface area contributed by atoms with E-state index >= 15 is 0 Å².